The molecule has 0 spiro atoms. The first-order valence-corrected chi connectivity index (χ1v) is 6.49. The number of carbonyl (C=O) groups is 1. The van der Waals surface area contributed by atoms with Gasteiger partial charge in [-0.3, -0.25) is 4.79 Å². The van der Waals surface area contributed by atoms with E-state index in [1.165, 1.54) is 0 Å². The number of anilines is 1. The summed E-state index contributed by atoms with van der Waals surface area (Å²) in [5.41, 5.74) is 6.42. The second-order valence-corrected chi connectivity index (χ2v) is 5.02. The van der Waals surface area contributed by atoms with E-state index in [2.05, 4.69) is 34.8 Å². The van der Waals surface area contributed by atoms with Gasteiger partial charge in [0, 0.05) is 15.7 Å². The molecule has 3 nitrogen and oxygen atoms in total. The van der Waals surface area contributed by atoms with E-state index in [4.69, 9.17) is 5.73 Å². The van der Waals surface area contributed by atoms with Crippen molar-refractivity contribution < 1.29 is 4.79 Å². The summed E-state index contributed by atoms with van der Waals surface area (Å²) in [7, 11) is 0. The molecule has 0 aliphatic heterocycles. The molecule has 1 rings (SSSR count). The molecule has 0 saturated carbocycles. The average molecular weight is 332 g/mol. The number of nitrogens with two attached hydrogens (primary N) is 1. The summed E-state index contributed by atoms with van der Waals surface area (Å²) in [5, 5.41) is 2.88. The van der Waals surface area contributed by atoms with Crippen LogP contribution in [0, 0.1) is 9.49 Å². The molecule has 0 bridgehead atoms. The topological polar surface area (TPSA) is 55.1 Å². The summed E-state index contributed by atoms with van der Waals surface area (Å²) in [6.45, 7) is 2.62. The van der Waals surface area contributed by atoms with Crippen molar-refractivity contribution >= 4 is 34.2 Å². The van der Waals surface area contributed by atoms with E-state index in [1.54, 1.807) is 0 Å². The van der Waals surface area contributed by atoms with E-state index >= 15 is 0 Å². The summed E-state index contributed by atoms with van der Waals surface area (Å²) in [4.78, 5) is 11.7. The molecule has 1 aromatic carbocycles. The number of halogens is 1. The number of hydrogen-bond donors (Lipinski definition) is 2. The minimum Gasteiger partial charge on any atom is -0.330 e. The zero-order chi connectivity index (χ0) is 12.0. The van der Waals surface area contributed by atoms with Crippen molar-refractivity contribution in [1.82, 2.24) is 0 Å². The Hall–Kier alpha value is -0.620. The van der Waals surface area contributed by atoms with Crippen LogP contribution in [0.2, 0.25) is 0 Å². The van der Waals surface area contributed by atoms with Gasteiger partial charge in [0.15, 0.2) is 0 Å². The number of nitrogens with one attached hydrogen (secondary N) is 1. The monoisotopic (exact) mass is 332 g/mol. The lowest BCUT2D eigenvalue weighted by molar-refractivity contribution is -0.117. The van der Waals surface area contributed by atoms with Gasteiger partial charge in [0.25, 0.3) is 0 Å². The molecule has 0 saturated heterocycles. The van der Waals surface area contributed by atoms with Crippen molar-refractivity contribution in [3.8, 4) is 0 Å². The fraction of sp³-hybridized carbons (Fsp3) is 0.417. The fourth-order valence-corrected chi connectivity index (χ4v) is 1.98. The van der Waals surface area contributed by atoms with Crippen LogP contribution in [-0.2, 0) is 4.79 Å². The number of carbonyl (C=O) groups excluding carboxylic acids is 1. The molecule has 0 aliphatic rings. The van der Waals surface area contributed by atoms with Crippen molar-refractivity contribution in [2.24, 2.45) is 11.7 Å². The molecule has 4 heteroatoms. The highest BCUT2D eigenvalue weighted by Crippen LogP contribution is 2.14. The van der Waals surface area contributed by atoms with Crippen molar-refractivity contribution in [2.75, 3.05) is 11.9 Å². The largest absolute Gasteiger partial charge is 0.330 e. The molecule has 1 aromatic rings. The third-order valence-corrected chi connectivity index (χ3v) is 3.16. The lowest BCUT2D eigenvalue weighted by Crippen LogP contribution is -2.21. The summed E-state index contributed by atoms with van der Waals surface area (Å²) in [6, 6.07) is 7.76. The van der Waals surface area contributed by atoms with Crippen molar-refractivity contribution in [3.05, 3.63) is 27.8 Å². The molecule has 0 heterocycles. The van der Waals surface area contributed by atoms with Gasteiger partial charge in [0.05, 0.1) is 0 Å². The van der Waals surface area contributed by atoms with Crippen LogP contribution < -0.4 is 11.1 Å². The van der Waals surface area contributed by atoms with Gasteiger partial charge < -0.3 is 11.1 Å². The average Bonchev–Trinajstić information content (AvgIpc) is 2.26. The third-order valence-electron chi connectivity index (χ3n) is 2.49. The Morgan fingerprint density at radius 1 is 1.56 bits per heavy atom. The van der Waals surface area contributed by atoms with Gasteiger partial charge in [-0.1, -0.05) is 19.4 Å². The highest BCUT2D eigenvalue weighted by atomic mass is 127. The van der Waals surface area contributed by atoms with E-state index in [0.717, 1.165) is 15.7 Å². The Bertz CT molecular complexity index is 351. The van der Waals surface area contributed by atoms with E-state index in [0.29, 0.717) is 13.0 Å². The summed E-state index contributed by atoms with van der Waals surface area (Å²) >= 11 is 2.22. The van der Waals surface area contributed by atoms with Crippen LogP contribution in [0.4, 0.5) is 5.69 Å². The molecule has 3 N–H and O–H groups in total. The highest BCUT2D eigenvalue weighted by molar-refractivity contribution is 14.1. The smallest absolute Gasteiger partial charge is 0.224 e. The standard InChI is InChI=1S/C12H17IN2O/c1-2-9(8-14)6-12(16)15-11-5-3-4-10(13)7-11/h3-5,7,9H,2,6,8,14H2,1H3,(H,15,16). The summed E-state index contributed by atoms with van der Waals surface area (Å²) < 4.78 is 1.11. The van der Waals surface area contributed by atoms with Crippen LogP contribution in [0.1, 0.15) is 19.8 Å². The maximum absolute atomic E-state index is 11.7. The third kappa shape index (κ3) is 4.49. The maximum atomic E-state index is 11.7. The minimum atomic E-state index is 0.0410. The van der Waals surface area contributed by atoms with Crippen molar-refractivity contribution in [1.29, 1.82) is 0 Å². The van der Waals surface area contributed by atoms with Crippen LogP contribution in [0.5, 0.6) is 0 Å². The highest BCUT2D eigenvalue weighted by Gasteiger charge is 2.10. The Labute approximate surface area is 110 Å². The van der Waals surface area contributed by atoms with E-state index in [1.807, 2.05) is 24.3 Å². The molecule has 0 aromatic heterocycles. The molecule has 1 atom stereocenters. The normalized spacial score (nSPS) is 12.2. The SMILES string of the molecule is CCC(CN)CC(=O)Nc1cccc(I)c1. The van der Waals surface area contributed by atoms with Crippen LogP contribution in [0.3, 0.4) is 0 Å². The molecule has 0 radical (unpaired) electrons. The predicted molar refractivity (Wildman–Crippen MR) is 75.2 cm³/mol. The molecule has 0 aliphatic carbocycles. The number of rotatable bonds is 5. The maximum Gasteiger partial charge on any atom is 0.224 e. The molecular weight excluding hydrogens is 315 g/mol. The first kappa shape index (κ1) is 13.4. The van der Waals surface area contributed by atoms with Crippen LogP contribution >= 0.6 is 22.6 Å². The van der Waals surface area contributed by atoms with Crippen LogP contribution in [0.25, 0.3) is 0 Å². The van der Waals surface area contributed by atoms with E-state index < -0.39 is 0 Å². The second kappa shape index (κ2) is 6.85. The van der Waals surface area contributed by atoms with Gasteiger partial charge in [-0.25, -0.2) is 0 Å². The van der Waals surface area contributed by atoms with Crippen LogP contribution in [0.15, 0.2) is 24.3 Å². The first-order valence-electron chi connectivity index (χ1n) is 5.41. The molecule has 1 unspecified atom stereocenters. The van der Waals surface area contributed by atoms with Gasteiger partial charge in [0.2, 0.25) is 5.91 Å². The minimum absolute atomic E-state index is 0.0410. The molecule has 0 fully saturated rings. The molecule has 1 amide bonds. The molecule has 16 heavy (non-hydrogen) atoms. The zero-order valence-electron chi connectivity index (χ0n) is 9.37. The van der Waals surface area contributed by atoms with Crippen molar-refractivity contribution in [3.63, 3.8) is 0 Å². The lowest BCUT2D eigenvalue weighted by Gasteiger charge is -2.12. The van der Waals surface area contributed by atoms with E-state index in [-0.39, 0.29) is 11.8 Å². The second-order valence-electron chi connectivity index (χ2n) is 3.77. The Balaban J connectivity index is 2.51. The number of benzene rings is 1. The van der Waals surface area contributed by atoms with Gasteiger partial charge in [-0.05, 0) is 53.3 Å². The van der Waals surface area contributed by atoms with Crippen LogP contribution in [-0.4, -0.2) is 12.5 Å². The Kier molecular flexibility index (Phi) is 5.76. The number of hydrogen-bond acceptors (Lipinski definition) is 2. The summed E-state index contributed by atoms with van der Waals surface area (Å²) in [5.74, 6) is 0.321. The van der Waals surface area contributed by atoms with E-state index in [9.17, 15) is 4.79 Å². The Morgan fingerprint density at radius 2 is 2.31 bits per heavy atom. The number of amides is 1. The zero-order valence-corrected chi connectivity index (χ0v) is 11.5. The van der Waals surface area contributed by atoms with Gasteiger partial charge in [-0.15, -0.1) is 0 Å². The van der Waals surface area contributed by atoms with Gasteiger partial charge >= 0.3 is 0 Å². The quantitative estimate of drug-likeness (QED) is 0.815. The summed E-state index contributed by atoms with van der Waals surface area (Å²) in [6.07, 6.45) is 1.44. The molecule has 88 valence electrons. The lowest BCUT2D eigenvalue weighted by atomic mass is 10.0. The van der Waals surface area contributed by atoms with Crippen molar-refractivity contribution in [2.45, 2.75) is 19.8 Å². The molecular formula is C12H17IN2O. The predicted octanol–water partition coefficient (Wildman–Crippen LogP) is 2.60. The van der Waals surface area contributed by atoms with Gasteiger partial charge in [0.1, 0.15) is 0 Å². The Morgan fingerprint density at radius 3 is 2.88 bits per heavy atom. The van der Waals surface area contributed by atoms with Gasteiger partial charge in [-0.2, -0.15) is 0 Å². The first-order chi connectivity index (χ1) is 7.65. The fourth-order valence-electron chi connectivity index (χ4n) is 1.43.